The fourth-order valence-electron chi connectivity index (χ4n) is 3.89. The Morgan fingerprint density at radius 1 is 0.970 bits per heavy atom. The van der Waals surface area contributed by atoms with Crippen LogP contribution in [0.4, 0.5) is 0 Å². The predicted molar refractivity (Wildman–Crippen MR) is 128 cm³/mol. The fraction of sp³-hybridized carbons (Fsp3) is 0.240. The Morgan fingerprint density at radius 3 is 2.48 bits per heavy atom. The minimum Gasteiger partial charge on any atom is -0.492 e. The van der Waals surface area contributed by atoms with Gasteiger partial charge in [-0.25, -0.2) is 13.2 Å². The first-order valence-electron chi connectivity index (χ1n) is 10.8. The molecule has 1 aliphatic rings. The van der Waals surface area contributed by atoms with Gasteiger partial charge in [-0.2, -0.15) is 4.31 Å². The van der Waals surface area contributed by atoms with Crippen molar-refractivity contribution in [1.29, 1.82) is 0 Å². The summed E-state index contributed by atoms with van der Waals surface area (Å²) in [4.78, 5) is 13.1. The Balaban J connectivity index is 1.32. The number of benzene rings is 3. The molecule has 1 fully saturated rings. The minimum absolute atomic E-state index is 0.169. The number of hydrogen-bond acceptors (Lipinski definition) is 5. The van der Waals surface area contributed by atoms with Crippen LogP contribution in [-0.4, -0.2) is 68.0 Å². The van der Waals surface area contributed by atoms with E-state index >= 15 is 0 Å². The van der Waals surface area contributed by atoms with Crippen LogP contribution in [0.3, 0.4) is 0 Å². The second kappa shape index (κ2) is 10.2. The predicted octanol–water partition coefficient (Wildman–Crippen LogP) is 3.32. The van der Waals surface area contributed by atoms with Crippen molar-refractivity contribution in [2.75, 3.05) is 39.3 Å². The van der Waals surface area contributed by atoms with Gasteiger partial charge in [-0.1, -0.05) is 48.5 Å². The molecule has 3 aromatic rings. The number of fused-ring (bicyclic) bond motifs is 1. The summed E-state index contributed by atoms with van der Waals surface area (Å²) in [6.45, 7) is 3.27. The molecule has 1 N–H and O–H groups in total. The molecular formula is C25H26N2O5S. The smallest absolute Gasteiger partial charge is 0.328 e. The third-order valence-electron chi connectivity index (χ3n) is 5.66. The van der Waals surface area contributed by atoms with Crippen molar-refractivity contribution in [3.63, 3.8) is 0 Å². The number of nitrogens with zero attached hydrogens (tertiary/aromatic N) is 2. The van der Waals surface area contributed by atoms with E-state index in [0.717, 1.165) is 22.6 Å². The summed E-state index contributed by atoms with van der Waals surface area (Å²) in [5, 5.41) is 11.0. The lowest BCUT2D eigenvalue weighted by atomic mass is 10.1. The average Bonchev–Trinajstić information content (AvgIpc) is 2.83. The Hall–Kier alpha value is -3.20. The van der Waals surface area contributed by atoms with Crippen LogP contribution >= 0.6 is 0 Å². The molecule has 1 saturated heterocycles. The topological polar surface area (TPSA) is 87.1 Å². The lowest BCUT2D eigenvalue weighted by molar-refractivity contribution is -0.131. The highest BCUT2D eigenvalue weighted by Crippen LogP contribution is 2.25. The van der Waals surface area contributed by atoms with Crippen molar-refractivity contribution in [3.8, 4) is 5.75 Å². The SMILES string of the molecule is O=C(O)C=Cc1cccc(S(=O)(=O)N2CCN(CCOc3cccc4ccccc34)CC2)c1. The third kappa shape index (κ3) is 5.60. The molecule has 1 aliphatic heterocycles. The molecule has 0 radical (unpaired) electrons. The molecule has 0 aromatic heterocycles. The van der Waals surface area contributed by atoms with Gasteiger partial charge in [0.15, 0.2) is 0 Å². The average molecular weight is 467 g/mol. The number of hydrogen-bond donors (Lipinski definition) is 1. The van der Waals surface area contributed by atoms with Gasteiger partial charge in [0, 0.05) is 44.2 Å². The van der Waals surface area contributed by atoms with Crippen LogP contribution in [0, 0.1) is 0 Å². The molecule has 3 aromatic carbocycles. The van der Waals surface area contributed by atoms with Gasteiger partial charge in [-0.15, -0.1) is 0 Å². The third-order valence-corrected chi connectivity index (χ3v) is 7.55. The number of carbonyl (C=O) groups is 1. The van der Waals surface area contributed by atoms with E-state index in [9.17, 15) is 13.2 Å². The maximum atomic E-state index is 13.1. The summed E-state index contributed by atoms with van der Waals surface area (Å²) in [7, 11) is -3.64. The standard InChI is InChI=1S/C25H26N2O5S/c28-25(29)12-11-20-5-3-8-22(19-20)33(30,31)27-15-13-26(14-16-27)17-18-32-24-10-4-7-21-6-1-2-9-23(21)24/h1-12,19H,13-18H2,(H,28,29). The van der Waals surface area contributed by atoms with E-state index in [1.54, 1.807) is 12.1 Å². The molecule has 0 saturated carbocycles. The van der Waals surface area contributed by atoms with E-state index in [-0.39, 0.29) is 4.90 Å². The maximum absolute atomic E-state index is 13.1. The Labute approximate surface area is 193 Å². The highest BCUT2D eigenvalue weighted by molar-refractivity contribution is 7.89. The van der Waals surface area contributed by atoms with Gasteiger partial charge in [0.05, 0.1) is 4.90 Å². The van der Waals surface area contributed by atoms with Gasteiger partial charge in [-0.3, -0.25) is 4.90 Å². The van der Waals surface area contributed by atoms with Crippen LogP contribution in [-0.2, 0) is 14.8 Å². The molecule has 8 heteroatoms. The van der Waals surface area contributed by atoms with Crippen LogP contribution in [0.2, 0.25) is 0 Å². The molecular weight excluding hydrogens is 440 g/mol. The summed E-state index contributed by atoms with van der Waals surface area (Å²) < 4.78 is 33.6. The van der Waals surface area contributed by atoms with Gasteiger partial charge in [-0.05, 0) is 35.2 Å². The Bertz CT molecular complexity index is 1260. The Kier molecular flexibility index (Phi) is 7.08. The van der Waals surface area contributed by atoms with Crippen molar-refractivity contribution in [3.05, 3.63) is 78.4 Å². The zero-order valence-corrected chi connectivity index (χ0v) is 18.9. The lowest BCUT2D eigenvalue weighted by Crippen LogP contribution is -2.49. The summed E-state index contributed by atoms with van der Waals surface area (Å²) in [5.41, 5.74) is 0.530. The molecule has 0 unspecified atom stereocenters. The van der Waals surface area contributed by atoms with Crippen LogP contribution in [0.25, 0.3) is 16.8 Å². The van der Waals surface area contributed by atoms with Crippen molar-refractivity contribution >= 4 is 32.8 Å². The first-order valence-corrected chi connectivity index (χ1v) is 12.2. The monoisotopic (exact) mass is 466 g/mol. The van der Waals surface area contributed by atoms with Gasteiger partial charge >= 0.3 is 5.97 Å². The van der Waals surface area contributed by atoms with Crippen molar-refractivity contribution in [1.82, 2.24) is 9.21 Å². The van der Waals surface area contributed by atoms with Crippen molar-refractivity contribution in [2.24, 2.45) is 0 Å². The summed E-state index contributed by atoms with van der Waals surface area (Å²) in [6, 6.07) is 20.4. The minimum atomic E-state index is -3.64. The van der Waals surface area contributed by atoms with Gasteiger partial charge in [0.1, 0.15) is 12.4 Å². The molecule has 0 atom stereocenters. The zero-order valence-electron chi connectivity index (χ0n) is 18.1. The van der Waals surface area contributed by atoms with Gasteiger partial charge in [0.25, 0.3) is 0 Å². The number of carboxylic acids is 1. The number of piperazine rings is 1. The van der Waals surface area contributed by atoms with E-state index in [0.29, 0.717) is 44.9 Å². The van der Waals surface area contributed by atoms with Gasteiger partial charge in [0.2, 0.25) is 10.0 Å². The fourth-order valence-corrected chi connectivity index (χ4v) is 5.37. The second-order valence-corrected chi connectivity index (χ2v) is 9.75. The zero-order chi connectivity index (χ0) is 23.3. The summed E-state index contributed by atoms with van der Waals surface area (Å²) >= 11 is 0. The summed E-state index contributed by atoms with van der Waals surface area (Å²) in [5.74, 6) is -0.227. The number of ether oxygens (including phenoxy) is 1. The van der Waals surface area contributed by atoms with Crippen LogP contribution in [0.5, 0.6) is 5.75 Å². The van der Waals surface area contributed by atoms with E-state index in [2.05, 4.69) is 17.0 Å². The number of rotatable bonds is 8. The highest BCUT2D eigenvalue weighted by Gasteiger charge is 2.28. The van der Waals surface area contributed by atoms with Gasteiger partial charge < -0.3 is 9.84 Å². The first kappa shape index (κ1) is 23.0. The lowest BCUT2D eigenvalue weighted by Gasteiger charge is -2.33. The first-order chi connectivity index (χ1) is 15.9. The molecule has 7 nitrogen and oxygen atoms in total. The molecule has 0 spiro atoms. The number of carboxylic acid groups (broad SMARTS) is 1. The van der Waals surface area contributed by atoms with E-state index in [4.69, 9.17) is 9.84 Å². The van der Waals surface area contributed by atoms with E-state index in [1.807, 2.05) is 30.3 Å². The number of sulfonamides is 1. The van der Waals surface area contributed by atoms with Crippen molar-refractivity contribution in [2.45, 2.75) is 4.90 Å². The van der Waals surface area contributed by atoms with Crippen LogP contribution in [0.15, 0.2) is 77.7 Å². The normalized spacial score (nSPS) is 15.8. The second-order valence-electron chi connectivity index (χ2n) is 7.82. The quantitative estimate of drug-likeness (QED) is 0.513. The maximum Gasteiger partial charge on any atom is 0.328 e. The van der Waals surface area contributed by atoms with Crippen LogP contribution < -0.4 is 4.74 Å². The highest BCUT2D eigenvalue weighted by atomic mass is 32.2. The molecule has 172 valence electrons. The molecule has 1 heterocycles. The molecule has 0 bridgehead atoms. The summed E-state index contributed by atoms with van der Waals surface area (Å²) in [6.07, 6.45) is 2.38. The van der Waals surface area contributed by atoms with Crippen LogP contribution in [0.1, 0.15) is 5.56 Å². The molecule has 33 heavy (non-hydrogen) atoms. The number of aliphatic carboxylic acids is 1. The Morgan fingerprint density at radius 2 is 1.70 bits per heavy atom. The van der Waals surface area contributed by atoms with E-state index in [1.165, 1.54) is 22.5 Å². The molecule has 4 rings (SSSR count). The molecule has 0 aliphatic carbocycles. The molecule has 0 amide bonds. The van der Waals surface area contributed by atoms with Crippen molar-refractivity contribution < 1.29 is 23.1 Å². The largest absolute Gasteiger partial charge is 0.492 e. The van der Waals surface area contributed by atoms with E-state index < -0.39 is 16.0 Å².